The fraction of sp³-hybridized carbons (Fsp3) is 0.133. The number of carboxylic acids is 1. The van der Waals surface area contributed by atoms with Crippen molar-refractivity contribution in [1.29, 1.82) is 0 Å². The van der Waals surface area contributed by atoms with Crippen molar-refractivity contribution in [2.45, 2.75) is 6.42 Å². The first kappa shape index (κ1) is 13.4. The molecule has 2 aromatic carbocycles. The van der Waals surface area contributed by atoms with Crippen LogP contribution in [0.5, 0.6) is 5.75 Å². The highest BCUT2D eigenvalue weighted by atomic mass is 35.5. The lowest BCUT2D eigenvalue weighted by Crippen LogP contribution is -1.99. The van der Waals surface area contributed by atoms with Gasteiger partial charge in [-0.1, -0.05) is 41.9 Å². The lowest BCUT2D eigenvalue weighted by atomic mass is 10.0. The van der Waals surface area contributed by atoms with Crippen molar-refractivity contribution in [2.24, 2.45) is 0 Å². The number of hydrogen-bond donors (Lipinski definition) is 1. The summed E-state index contributed by atoms with van der Waals surface area (Å²) in [4.78, 5) is 10.7. The van der Waals surface area contributed by atoms with Crippen molar-refractivity contribution in [3.63, 3.8) is 0 Å². The molecule has 0 radical (unpaired) electrons. The van der Waals surface area contributed by atoms with Gasteiger partial charge >= 0.3 is 5.97 Å². The molecule has 0 saturated heterocycles. The first-order valence-corrected chi connectivity index (χ1v) is 6.12. The molecule has 0 bridgehead atoms. The Hall–Kier alpha value is -2.00. The maximum Gasteiger partial charge on any atom is 0.307 e. The SMILES string of the molecule is COc1cc(-c2cccc(CC(=O)O)c2)ccc1Cl. The molecule has 98 valence electrons. The van der Waals surface area contributed by atoms with E-state index in [2.05, 4.69) is 0 Å². The second kappa shape index (κ2) is 5.76. The molecule has 0 atom stereocenters. The summed E-state index contributed by atoms with van der Waals surface area (Å²) in [6.45, 7) is 0. The van der Waals surface area contributed by atoms with E-state index in [4.69, 9.17) is 21.4 Å². The molecule has 0 aromatic heterocycles. The fourth-order valence-corrected chi connectivity index (χ4v) is 2.07. The smallest absolute Gasteiger partial charge is 0.307 e. The largest absolute Gasteiger partial charge is 0.495 e. The maximum absolute atomic E-state index is 10.7. The zero-order valence-electron chi connectivity index (χ0n) is 10.4. The zero-order chi connectivity index (χ0) is 13.8. The number of hydrogen-bond acceptors (Lipinski definition) is 2. The van der Waals surface area contributed by atoms with Crippen LogP contribution in [0.3, 0.4) is 0 Å². The molecule has 0 saturated carbocycles. The lowest BCUT2D eigenvalue weighted by molar-refractivity contribution is -0.136. The van der Waals surface area contributed by atoms with Crippen molar-refractivity contribution >= 4 is 17.6 Å². The molecule has 0 aliphatic carbocycles. The van der Waals surface area contributed by atoms with Gasteiger partial charge in [0.25, 0.3) is 0 Å². The average Bonchev–Trinajstić information content (AvgIpc) is 2.39. The van der Waals surface area contributed by atoms with Gasteiger partial charge in [0, 0.05) is 0 Å². The van der Waals surface area contributed by atoms with E-state index in [1.807, 2.05) is 30.3 Å². The van der Waals surface area contributed by atoms with Crippen LogP contribution in [0.25, 0.3) is 11.1 Å². The molecular formula is C15H13ClO3. The number of halogens is 1. The highest BCUT2D eigenvalue weighted by Crippen LogP contribution is 2.30. The lowest BCUT2D eigenvalue weighted by Gasteiger charge is -2.08. The standard InChI is InChI=1S/C15H13ClO3/c1-19-14-9-12(5-6-13(14)16)11-4-2-3-10(7-11)8-15(17)18/h2-7,9H,8H2,1H3,(H,17,18). The minimum Gasteiger partial charge on any atom is -0.495 e. The quantitative estimate of drug-likeness (QED) is 0.927. The topological polar surface area (TPSA) is 46.5 Å². The molecule has 19 heavy (non-hydrogen) atoms. The molecular weight excluding hydrogens is 264 g/mol. The molecule has 0 amide bonds. The molecule has 2 rings (SSSR count). The molecule has 0 spiro atoms. The van der Waals surface area contributed by atoms with Crippen molar-refractivity contribution in [3.05, 3.63) is 53.1 Å². The van der Waals surface area contributed by atoms with E-state index in [-0.39, 0.29) is 6.42 Å². The van der Waals surface area contributed by atoms with Crippen LogP contribution >= 0.6 is 11.6 Å². The number of rotatable bonds is 4. The number of ether oxygens (including phenoxy) is 1. The van der Waals surface area contributed by atoms with E-state index in [1.54, 1.807) is 19.2 Å². The molecule has 0 unspecified atom stereocenters. The number of benzene rings is 2. The van der Waals surface area contributed by atoms with E-state index in [0.29, 0.717) is 10.8 Å². The number of carboxylic acid groups (broad SMARTS) is 1. The summed E-state index contributed by atoms with van der Waals surface area (Å²) in [7, 11) is 1.56. The summed E-state index contributed by atoms with van der Waals surface area (Å²) < 4.78 is 5.18. The van der Waals surface area contributed by atoms with Gasteiger partial charge in [0.15, 0.2) is 0 Å². The third kappa shape index (κ3) is 3.26. The van der Waals surface area contributed by atoms with Gasteiger partial charge in [0.2, 0.25) is 0 Å². The number of aliphatic carboxylic acids is 1. The van der Waals surface area contributed by atoms with Crippen LogP contribution in [0, 0.1) is 0 Å². The second-order valence-corrected chi connectivity index (χ2v) is 4.53. The normalized spacial score (nSPS) is 10.2. The Balaban J connectivity index is 2.38. The first-order valence-electron chi connectivity index (χ1n) is 5.75. The molecule has 0 fully saturated rings. The van der Waals surface area contributed by atoms with E-state index in [9.17, 15) is 4.79 Å². The van der Waals surface area contributed by atoms with Gasteiger partial charge in [-0.15, -0.1) is 0 Å². The van der Waals surface area contributed by atoms with Crippen LogP contribution in [-0.2, 0) is 11.2 Å². The predicted molar refractivity (Wildman–Crippen MR) is 74.8 cm³/mol. The van der Waals surface area contributed by atoms with Crippen molar-refractivity contribution < 1.29 is 14.6 Å². The molecule has 0 aliphatic rings. The Bertz CT molecular complexity index is 608. The molecule has 0 aliphatic heterocycles. The summed E-state index contributed by atoms with van der Waals surface area (Å²) in [6.07, 6.45) is 0.0125. The maximum atomic E-state index is 10.7. The Morgan fingerprint density at radius 2 is 1.95 bits per heavy atom. The highest BCUT2D eigenvalue weighted by Gasteiger charge is 2.06. The van der Waals surface area contributed by atoms with E-state index in [0.717, 1.165) is 16.7 Å². The van der Waals surface area contributed by atoms with Crippen LogP contribution < -0.4 is 4.74 Å². The van der Waals surface area contributed by atoms with Crippen molar-refractivity contribution in [3.8, 4) is 16.9 Å². The van der Waals surface area contributed by atoms with Gasteiger partial charge in [-0.2, -0.15) is 0 Å². The predicted octanol–water partition coefficient (Wildman–Crippen LogP) is 3.64. The van der Waals surface area contributed by atoms with Gasteiger partial charge < -0.3 is 9.84 Å². The summed E-state index contributed by atoms with van der Waals surface area (Å²) >= 11 is 5.98. The minimum absolute atomic E-state index is 0.0125. The molecule has 3 nitrogen and oxygen atoms in total. The van der Waals surface area contributed by atoms with E-state index < -0.39 is 5.97 Å². The van der Waals surface area contributed by atoms with Crippen LogP contribution in [0.15, 0.2) is 42.5 Å². The minimum atomic E-state index is -0.842. The van der Waals surface area contributed by atoms with Crippen LogP contribution in [0.4, 0.5) is 0 Å². The zero-order valence-corrected chi connectivity index (χ0v) is 11.1. The monoisotopic (exact) mass is 276 g/mol. The fourth-order valence-electron chi connectivity index (χ4n) is 1.87. The van der Waals surface area contributed by atoms with Gasteiger partial charge in [0.1, 0.15) is 5.75 Å². The van der Waals surface area contributed by atoms with Crippen molar-refractivity contribution in [1.82, 2.24) is 0 Å². The molecule has 1 N–H and O–H groups in total. The third-order valence-electron chi connectivity index (χ3n) is 2.77. The van der Waals surface area contributed by atoms with Crippen LogP contribution in [-0.4, -0.2) is 18.2 Å². The average molecular weight is 277 g/mol. The number of methoxy groups -OCH3 is 1. The van der Waals surface area contributed by atoms with Crippen molar-refractivity contribution in [2.75, 3.05) is 7.11 Å². The second-order valence-electron chi connectivity index (χ2n) is 4.12. The Labute approximate surface area is 116 Å². The Morgan fingerprint density at radius 1 is 1.21 bits per heavy atom. The molecule has 2 aromatic rings. The van der Waals surface area contributed by atoms with E-state index in [1.165, 1.54) is 0 Å². The van der Waals surface area contributed by atoms with E-state index >= 15 is 0 Å². The Kier molecular flexibility index (Phi) is 4.07. The summed E-state index contributed by atoms with van der Waals surface area (Å²) in [5.74, 6) is -0.242. The highest BCUT2D eigenvalue weighted by molar-refractivity contribution is 6.32. The van der Waals surface area contributed by atoms with Gasteiger partial charge in [-0.05, 0) is 28.8 Å². The van der Waals surface area contributed by atoms with Gasteiger partial charge in [-0.25, -0.2) is 0 Å². The van der Waals surface area contributed by atoms with Crippen LogP contribution in [0.1, 0.15) is 5.56 Å². The summed E-state index contributed by atoms with van der Waals surface area (Å²) in [6, 6.07) is 12.9. The van der Waals surface area contributed by atoms with Gasteiger partial charge in [-0.3, -0.25) is 4.79 Å². The number of carbonyl (C=O) groups is 1. The summed E-state index contributed by atoms with van der Waals surface area (Å²) in [5.41, 5.74) is 2.64. The molecule has 4 heteroatoms. The molecule has 0 heterocycles. The first-order chi connectivity index (χ1) is 9.10. The van der Waals surface area contributed by atoms with Crippen LogP contribution in [0.2, 0.25) is 5.02 Å². The summed E-state index contributed by atoms with van der Waals surface area (Å²) in [5, 5.41) is 9.36. The van der Waals surface area contributed by atoms with Gasteiger partial charge in [0.05, 0.1) is 18.6 Å². The Morgan fingerprint density at radius 3 is 2.63 bits per heavy atom. The third-order valence-corrected chi connectivity index (χ3v) is 3.08.